The number of hydrogen-bond acceptors (Lipinski definition) is 7. The molecule has 2 heterocycles. The van der Waals surface area contributed by atoms with E-state index in [1.807, 2.05) is 24.3 Å². The number of ether oxygens (including phenoxy) is 1. The third-order valence-electron chi connectivity index (χ3n) is 3.52. The molecule has 0 fully saturated rings. The van der Waals surface area contributed by atoms with Crippen LogP contribution in [0, 0.1) is 11.3 Å². The van der Waals surface area contributed by atoms with Crippen molar-refractivity contribution < 1.29 is 9.53 Å². The molecule has 1 atom stereocenters. The molecule has 0 radical (unpaired) electrons. The van der Waals surface area contributed by atoms with Gasteiger partial charge in [-0.3, -0.25) is 9.59 Å². The lowest BCUT2D eigenvalue weighted by Gasteiger charge is -2.10. The number of fused-ring (bicyclic) bond motifs is 1. The molecule has 0 aliphatic rings. The summed E-state index contributed by atoms with van der Waals surface area (Å²) < 4.78 is 6.33. The number of thiazole rings is 1. The van der Waals surface area contributed by atoms with Crippen LogP contribution >= 0.6 is 22.9 Å². The van der Waals surface area contributed by atoms with E-state index >= 15 is 0 Å². The van der Waals surface area contributed by atoms with E-state index in [1.54, 1.807) is 0 Å². The van der Waals surface area contributed by atoms with Crippen LogP contribution in [0.2, 0.25) is 5.02 Å². The molecule has 0 amide bonds. The van der Waals surface area contributed by atoms with Crippen LogP contribution in [-0.4, -0.2) is 27.8 Å². The molecule has 9 heteroatoms. The van der Waals surface area contributed by atoms with Crippen LogP contribution in [0.5, 0.6) is 0 Å². The predicted octanol–water partition coefficient (Wildman–Crippen LogP) is 2.33. The summed E-state index contributed by atoms with van der Waals surface area (Å²) in [5.74, 6) is -1.45. The molecule has 2 aromatic heterocycles. The number of nitriles is 1. The van der Waals surface area contributed by atoms with Crippen LogP contribution in [0.4, 0.5) is 0 Å². The molecule has 0 aliphatic carbocycles. The van der Waals surface area contributed by atoms with Crippen LogP contribution in [-0.2, 0) is 16.1 Å². The van der Waals surface area contributed by atoms with Gasteiger partial charge in [-0.05, 0) is 12.1 Å². The Kier molecular flexibility index (Phi) is 4.79. The average molecular weight is 375 g/mol. The molecule has 0 saturated heterocycles. The molecular weight excluding hydrogens is 364 g/mol. The zero-order chi connectivity index (χ0) is 18.0. The summed E-state index contributed by atoms with van der Waals surface area (Å²) in [6.07, 6.45) is 1.31. The van der Waals surface area contributed by atoms with Crippen molar-refractivity contribution in [1.29, 1.82) is 5.26 Å². The van der Waals surface area contributed by atoms with Crippen molar-refractivity contribution >= 4 is 39.1 Å². The standard InChI is InChI=1S/C16H11ClN4O3S/c1-24-13(22)8-21-16(23)14(17)10(7-19-21)9(6-18)15-20-11-4-2-3-5-12(11)25-15/h2-5,7,9H,8H2,1H3/t9-/m1/s1. The van der Waals surface area contributed by atoms with Gasteiger partial charge in [0.2, 0.25) is 0 Å². The molecule has 126 valence electrons. The predicted molar refractivity (Wildman–Crippen MR) is 92.6 cm³/mol. The maximum atomic E-state index is 12.3. The first-order valence-electron chi connectivity index (χ1n) is 7.12. The highest BCUT2D eigenvalue weighted by Crippen LogP contribution is 2.33. The van der Waals surface area contributed by atoms with Gasteiger partial charge in [-0.1, -0.05) is 23.7 Å². The second-order valence-electron chi connectivity index (χ2n) is 5.03. The van der Waals surface area contributed by atoms with Gasteiger partial charge in [0.05, 0.1) is 29.6 Å². The number of carbonyl (C=O) groups is 1. The molecule has 3 aromatic rings. The second-order valence-corrected chi connectivity index (χ2v) is 6.47. The molecule has 0 N–H and O–H groups in total. The monoisotopic (exact) mass is 374 g/mol. The highest BCUT2D eigenvalue weighted by Gasteiger charge is 2.24. The van der Waals surface area contributed by atoms with Gasteiger partial charge >= 0.3 is 5.97 Å². The average Bonchev–Trinajstić information content (AvgIpc) is 3.05. The number of para-hydroxylation sites is 1. The Morgan fingerprint density at radius 3 is 2.92 bits per heavy atom. The normalized spacial score (nSPS) is 11.9. The molecule has 25 heavy (non-hydrogen) atoms. The Bertz CT molecular complexity index is 1020. The largest absolute Gasteiger partial charge is 0.468 e. The van der Waals surface area contributed by atoms with Crippen molar-refractivity contribution in [3.63, 3.8) is 0 Å². The zero-order valence-corrected chi connectivity index (χ0v) is 14.5. The van der Waals surface area contributed by atoms with E-state index in [1.165, 1.54) is 24.6 Å². The van der Waals surface area contributed by atoms with Gasteiger partial charge in [0.1, 0.15) is 22.5 Å². The molecule has 0 saturated carbocycles. The summed E-state index contributed by atoms with van der Waals surface area (Å²) in [5.41, 5.74) is 0.367. The third-order valence-corrected chi connectivity index (χ3v) is 5.00. The van der Waals surface area contributed by atoms with E-state index < -0.39 is 17.4 Å². The fourth-order valence-corrected chi connectivity index (χ4v) is 3.54. The number of methoxy groups -OCH3 is 1. The lowest BCUT2D eigenvalue weighted by atomic mass is 10.0. The second kappa shape index (κ2) is 7.01. The number of rotatable bonds is 4. The smallest absolute Gasteiger partial charge is 0.327 e. The quantitative estimate of drug-likeness (QED) is 0.650. The lowest BCUT2D eigenvalue weighted by molar-refractivity contribution is -0.141. The fraction of sp³-hybridized carbons (Fsp3) is 0.188. The summed E-state index contributed by atoms with van der Waals surface area (Å²) in [6, 6.07) is 9.61. The summed E-state index contributed by atoms with van der Waals surface area (Å²) in [7, 11) is 1.21. The molecule has 0 spiro atoms. The highest BCUT2D eigenvalue weighted by molar-refractivity contribution is 7.18. The Labute approximate surface area is 151 Å². The molecule has 0 bridgehead atoms. The Hall–Kier alpha value is -2.76. The van der Waals surface area contributed by atoms with Crippen molar-refractivity contribution in [2.24, 2.45) is 0 Å². The van der Waals surface area contributed by atoms with Gasteiger partial charge in [0.25, 0.3) is 5.56 Å². The SMILES string of the molecule is COC(=O)Cn1ncc([C@@H](C#N)c2nc3ccccc3s2)c(Cl)c1=O. The first-order chi connectivity index (χ1) is 12.0. The van der Waals surface area contributed by atoms with Gasteiger partial charge in [-0.2, -0.15) is 10.4 Å². The van der Waals surface area contributed by atoms with Gasteiger partial charge in [0.15, 0.2) is 0 Å². The number of halogens is 1. The Morgan fingerprint density at radius 2 is 2.24 bits per heavy atom. The molecule has 3 rings (SSSR count). The van der Waals surface area contributed by atoms with Gasteiger partial charge < -0.3 is 4.74 Å². The fourth-order valence-electron chi connectivity index (χ4n) is 2.25. The van der Waals surface area contributed by atoms with Crippen LogP contribution in [0.1, 0.15) is 16.5 Å². The van der Waals surface area contributed by atoms with Gasteiger partial charge in [0, 0.05) is 5.56 Å². The number of benzene rings is 1. The van der Waals surface area contributed by atoms with Crippen molar-refractivity contribution in [3.05, 3.63) is 56.4 Å². The van der Waals surface area contributed by atoms with E-state index in [9.17, 15) is 14.9 Å². The Morgan fingerprint density at radius 1 is 1.48 bits per heavy atom. The maximum absolute atomic E-state index is 12.3. The number of hydrogen-bond donors (Lipinski definition) is 0. The van der Waals surface area contributed by atoms with Crippen LogP contribution in [0.25, 0.3) is 10.2 Å². The van der Waals surface area contributed by atoms with Crippen LogP contribution in [0.15, 0.2) is 35.3 Å². The molecular formula is C16H11ClN4O3S. The van der Waals surface area contributed by atoms with Gasteiger partial charge in [-0.25, -0.2) is 9.67 Å². The topological polar surface area (TPSA) is 97.9 Å². The van der Waals surface area contributed by atoms with E-state index in [-0.39, 0.29) is 17.1 Å². The van der Waals surface area contributed by atoms with Crippen LogP contribution in [0.3, 0.4) is 0 Å². The highest BCUT2D eigenvalue weighted by atomic mass is 35.5. The molecule has 0 unspecified atom stereocenters. The van der Waals surface area contributed by atoms with Gasteiger partial charge in [-0.15, -0.1) is 11.3 Å². The minimum atomic E-state index is -0.821. The molecule has 0 aliphatic heterocycles. The summed E-state index contributed by atoms with van der Waals surface area (Å²) in [4.78, 5) is 28.1. The van der Waals surface area contributed by atoms with Crippen LogP contribution < -0.4 is 5.56 Å². The number of esters is 1. The number of nitrogens with zero attached hydrogens (tertiary/aromatic N) is 4. The third kappa shape index (κ3) is 3.24. The zero-order valence-electron chi connectivity index (χ0n) is 13.0. The van der Waals surface area contributed by atoms with Crippen molar-refractivity contribution in [2.45, 2.75) is 12.5 Å². The molecule has 1 aromatic carbocycles. The lowest BCUT2D eigenvalue weighted by Crippen LogP contribution is -2.28. The number of aromatic nitrogens is 3. The van der Waals surface area contributed by atoms with Crippen molar-refractivity contribution in [2.75, 3.05) is 7.11 Å². The van der Waals surface area contributed by atoms with E-state index in [0.29, 0.717) is 5.01 Å². The summed E-state index contributed by atoms with van der Waals surface area (Å²) in [6.45, 7) is -0.353. The maximum Gasteiger partial charge on any atom is 0.327 e. The van der Waals surface area contributed by atoms with Crippen molar-refractivity contribution in [1.82, 2.24) is 14.8 Å². The minimum Gasteiger partial charge on any atom is -0.468 e. The summed E-state index contributed by atoms with van der Waals surface area (Å²) in [5, 5.41) is 13.9. The van der Waals surface area contributed by atoms with E-state index in [4.69, 9.17) is 11.6 Å². The first-order valence-corrected chi connectivity index (χ1v) is 8.32. The Balaban J connectivity index is 2.04. The number of carbonyl (C=O) groups excluding carboxylic acids is 1. The van der Waals surface area contributed by atoms with E-state index in [0.717, 1.165) is 14.9 Å². The van der Waals surface area contributed by atoms with E-state index in [2.05, 4.69) is 20.9 Å². The first kappa shape index (κ1) is 17.1. The minimum absolute atomic E-state index is 0.162. The summed E-state index contributed by atoms with van der Waals surface area (Å²) >= 11 is 7.50. The van der Waals surface area contributed by atoms with Crippen molar-refractivity contribution in [3.8, 4) is 6.07 Å². The molecule has 7 nitrogen and oxygen atoms in total.